The summed E-state index contributed by atoms with van der Waals surface area (Å²) in [7, 11) is 0. The molecule has 2 aromatic heterocycles. The van der Waals surface area contributed by atoms with Crippen LogP contribution in [0, 0.1) is 0 Å². The predicted molar refractivity (Wildman–Crippen MR) is 118 cm³/mol. The summed E-state index contributed by atoms with van der Waals surface area (Å²) in [5.74, 6) is -0.244. The molecule has 0 radical (unpaired) electrons. The lowest BCUT2D eigenvalue weighted by molar-refractivity contribution is 0.0971. The Kier molecular flexibility index (Phi) is 4.15. The lowest BCUT2D eigenvalue weighted by Gasteiger charge is -2.24. The highest BCUT2D eigenvalue weighted by atomic mass is 32.1. The van der Waals surface area contributed by atoms with E-state index in [0.717, 1.165) is 5.56 Å². The number of hydrogen-bond donors (Lipinski definition) is 0. The van der Waals surface area contributed by atoms with Crippen LogP contribution < -0.4 is 10.3 Å². The molecule has 2 aromatic carbocycles. The summed E-state index contributed by atoms with van der Waals surface area (Å²) in [4.78, 5) is 32.7. The number of anilines is 1. The van der Waals surface area contributed by atoms with Crippen LogP contribution in [0.1, 0.15) is 54.1 Å². The molecule has 5 rings (SSSR count). The van der Waals surface area contributed by atoms with E-state index >= 15 is 0 Å². The van der Waals surface area contributed by atoms with Gasteiger partial charge in [-0.3, -0.25) is 14.5 Å². The van der Waals surface area contributed by atoms with Crippen molar-refractivity contribution < 1.29 is 9.21 Å². The SMILES string of the molecule is CC(C)(C)c1ccc([C@H]2c3c(oc4ccccc4c3=O)C(=O)N2c2nccs2)cc1. The van der Waals surface area contributed by atoms with E-state index in [9.17, 15) is 9.59 Å². The smallest absolute Gasteiger partial charge is 0.297 e. The van der Waals surface area contributed by atoms with Crippen molar-refractivity contribution in [3.8, 4) is 0 Å². The van der Waals surface area contributed by atoms with Crippen LogP contribution in [0.25, 0.3) is 11.0 Å². The molecule has 6 heteroatoms. The van der Waals surface area contributed by atoms with E-state index in [2.05, 4.69) is 37.9 Å². The van der Waals surface area contributed by atoms with Gasteiger partial charge in [0.05, 0.1) is 17.0 Å². The molecule has 0 aliphatic carbocycles. The van der Waals surface area contributed by atoms with Crippen molar-refractivity contribution in [1.82, 2.24) is 4.98 Å². The van der Waals surface area contributed by atoms with Crippen molar-refractivity contribution in [2.45, 2.75) is 32.2 Å². The molecule has 4 aromatic rings. The number of benzene rings is 2. The van der Waals surface area contributed by atoms with E-state index in [1.807, 2.05) is 17.5 Å². The Bertz CT molecular complexity index is 1320. The Balaban J connectivity index is 1.76. The number of thiazole rings is 1. The zero-order valence-corrected chi connectivity index (χ0v) is 17.7. The minimum Gasteiger partial charge on any atom is -0.450 e. The van der Waals surface area contributed by atoms with Gasteiger partial charge >= 0.3 is 0 Å². The molecule has 3 heterocycles. The third-order valence-corrected chi connectivity index (χ3v) is 6.27. The highest BCUT2D eigenvalue weighted by Gasteiger charge is 2.44. The first-order chi connectivity index (χ1) is 14.4. The molecule has 1 amide bonds. The van der Waals surface area contributed by atoms with E-state index in [0.29, 0.717) is 21.7 Å². The predicted octanol–water partition coefficient (Wildman–Crippen LogP) is 5.30. The fourth-order valence-corrected chi connectivity index (χ4v) is 4.60. The van der Waals surface area contributed by atoms with Gasteiger partial charge < -0.3 is 4.42 Å². The van der Waals surface area contributed by atoms with Gasteiger partial charge in [0.15, 0.2) is 10.6 Å². The molecule has 5 nitrogen and oxygen atoms in total. The Morgan fingerprint density at radius 2 is 1.77 bits per heavy atom. The number of para-hydroxylation sites is 1. The van der Waals surface area contributed by atoms with Crippen LogP contribution in [0.5, 0.6) is 0 Å². The van der Waals surface area contributed by atoms with E-state index in [1.165, 1.54) is 16.9 Å². The van der Waals surface area contributed by atoms with Crippen molar-refractivity contribution in [3.05, 3.63) is 92.8 Å². The van der Waals surface area contributed by atoms with Crippen molar-refractivity contribution in [2.75, 3.05) is 4.90 Å². The zero-order chi connectivity index (χ0) is 21.0. The van der Waals surface area contributed by atoms with Gasteiger partial charge in [0.2, 0.25) is 5.76 Å². The summed E-state index contributed by atoms with van der Waals surface area (Å²) in [5, 5.41) is 2.83. The largest absolute Gasteiger partial charge is 0.450 e. The molecule has 0 bridgehead atoms. The number of nitrogens with zero attached hydrogens (tertiary/aromatic N) is 2. The first-order valence-corrected chi connectivity index (χ1v) is 10.6. The highest BCUT2D eigenvalue weighted by Crippen LogP contribution is 2.42. The first-order valence-electron chi connectivity index (χ1n) is 9.75. The van der Waals surface area contributed by atoms with Crippen LogP contribution >= 0.6 is 11.3 Å². The summed E-state index contributed by atoms with van der Waals surface area (Å²) >= 11 is 1.36. The Hall–Kier alpha value is -3.25. The molecular formula is C24H20N2O3S. The number of fused-ring (bicyclic) bond motifs is 2. The van der Waals surface area contributed by atoms with Crippen LogP contribution in [0.4, 0.5) is 5.13 Å². The monoisotopic (exact) mass is 416 g/mol. The van der Waals surface area contributed by atoms with Gasteiger partial charge in [-0.1, -0.05) is 57.2 Å². The molecular weight excluding hydrogens is 396 g/mol. The number of rotatable bonds is 2. The maximum absolute atomic E-state index is 13.4. The van der Waals surface area contributed by atoms with Crippen molar-refractivity contribution in [3.63, 3.8) is 0 Å². The lowest BCUT2D eigenvalue weighted by Crippen LogP contribution is -2.29. The summed E-state index contributed by atoms with van der Waals surface area (Å²) in [6.45, 7) is 6.46. The quantitative estimate of drug-likeness (QED) is 0.445. The van der Waals surface area contributed by atoms with Gasteiger partial charge in [-0.05, 0) is 28.7 Å². The average molecular weight is 417 g/mol. The van der Waals surface area contributed by atoms with Crippen molar-refractivity contribution >= 4 is 33.3 Å². The number of amides is 1. The van der Waals surface area contributed by atoms with E-state index < -0.39 is 6.04 Å². The van der Waals surface area contributed by atoms with Crippen molar-refractivity contribution in [2.24, 2.45) is 0 Å². The molecule has 0 N–H and O–H groups in total. The molecule has 30 heavy (non-hydrogen) atoms. The average Bonchev–Trinajstić information content (AvgIpc) is 3.34. The van der Waals surface area contributed by atoms with Gasteiger partial charge in [0, 0.05) is 11.6 Å². The Morgan fingerprint density at radius 1 is 1.03 bits per heavy atom. The van der Waals surface area contributed by atoms with Gasteiger partial charge in [-0.2, -0.15) is 0 Å². The number of carbonyl (C=O) groups excluding carboxylic acids is 1. The molecule has 150 valence electrons. The topological polar surface area (TPSA) is 63.4 Å². The van der Waals surface area contributed by atoms with Gasteiger partial charge in [-0.15, -0.1) is 11.3 Å². The van der Waals surface area contributed by atoms with Crippen LogP contribution in [0.2, 0.25) is 0 Å². The van der Waals surface area contributed by atoms with Gasteiger partial charge in [0.25, 0.3) is 5.91 Å². The van der Waals surface area contributed by atoms with Gasteiger partial charge in [0.1, 0.15) is 5.58 Å². The standard InChI is InChI=1S/C24H20N2O3S/c1-24(2,3)15-10-8-14(9-11-15)19-18-20(27)16-6-4-5-7-17(16)29-21(18)22(28)26(19)23-25-12-13-30-23/h4-13,19H,1-3H3/t19-/m0/s1. The summed E-state index contributed by atoms with van der Waals surface area (Å²) in [5.41, 5.74) is 2.65. The second-order valence-corrected chi connectivity index (χ2v) is 9.31. The highest BCUT2D eigenvalue weighted by molar-refractivity contribution is 7.13. The van der Waals surface area contributed by atoms with Crippen molar-refractivity contribution in [1.29, 1.82) is 0 Å². The number of carbonyl (C=O) groups is 1. The molecule has 0 spiro atoms. The fraction of sp³-hybridized carbons (Fsp3) is 0.208. The summed E-state index contributed by atoms with van der Waals surface area (Å²) < 4.78 is 5.94. The molecule has 1 aliphatic heterocycles. The maximum atomic E-state index is 13.4. The Morgan fingerprint density at radius 3 is 2.43 bits per heavy atom. The third kappa shape index (κ3) is 2.79. The first kappa shape index (κ1) is 18.8. The molecule has 0 saturated heterocycles. The van der Waals surface area contributed by atoms with E-state index in [1.54, 1.807) is 35.4 Å². The number of hydrogen-bond acceptors (Lipinski definition) is 5. The van der Waals surface area contributed by atoms with Crippen LogP contribution in [0.3, 0.4) is 0 Å². The minimum absolute atomic E-state index is 0.00611. The molecule has 1 aliphatic rings. The van der Waals surface area contributed by atoms with E-state index in [-0.39, 0.29) is 22.5 Å². The van der Waals surface area contributed by atoms with Crippen LogP contribution in [-0.4, -0.2) is 10.9 Å². The van der Waals surface area contributed by atoms with Crippen LogP contribution in [-0.2, 0) is 5.41 Å². The second kappa shape index (κ2) is 6.64. The molecule has 0 saturated carbocycles. The molecule has 0 fully saturated rings. The lowest BCUT2D eigenvalue weighted by atomic mass is 9.86. The Labute approximate surface area is 177 Å². The normalized spacial score (nSPS) is 16.3. The zero-order valence-electron chi connectivity index (χ0n) is 16.9. The second-order valence-electron chi connectivity index (χ2n) is 8.43. The molecule has 0 unspecified atom stereocenters. The third-order valence-electron chi connectivity index (χ3n) is 5.50. The summed E-state index contributed by atoms with van der Waals surface area (Å²) in [6, 6.07) is 14.6. The minimum atomic E-state index is -0.575. The molecule has 1 atom stereocenters. The number of aromatic nitrogens is 1. The van der Waals surface area contributed by atoms with E-state index in [4.69, 9.17) is 4.42 Å². The maximum Gasteiger partial charge on any atom is 0.297 e. The summed E-state index contributed by atoms with van der Waals surface area (Å²) in [6.07, 6.45) is 1.65. The fourth-order valence-electron chi connectivity index (χ4n) is 3.93. The van der Waals surface area contributed by atoms with Gasteiger partial charge in [-0.25, -0.2) is 4.98 Å². The van der Waals surface area contributed by atoms with Crippen LogP contribution in [0.15, 0.2) is 69.3 Å².